The predicted octanol–water partition coefficient (Wildman–Crippen LogP) is 3.72. The van der Waals surface area contributed by atoms with Crippen LogP contribution < -0.4 is 5.32 Å². The lowest BCUT2D eigenvalue weighted by molar-refractivity contribution is -0.144. The van der Waals surface area contributed by atoms with Crippen LogP contribution in [0.4, 0.5) is 13.2 Å². The van der Waals surface area contributed by atoms with E-state index < -0.39 is 17.2 Å². The number of ether oxygens (including phenoxy) is 2. The van der Waals surface area contributed by atoms with E-state index in [4.69, 9.17) is 9.47 Å². The summed E-state index contributed by atoms with van der Waals surface area (Å²) >= 11 is 0. The molecule has 0 bridgehead atoms. The normalized spacial score (nSPS) is 33.6. The molecule has 2 aliphatic carbocycles. The summed E-state index contributed by atoms with van der Waals surface area (Å²) < 4.78 is 51.1. The van der Waals surface area contributed by atoms with E-state index in [1.54, 1.807) is 4.90 Å². The molecule has 1 aromatic rings. The van der Waals surface area contributed by atoms with Gasteiger partial charge in [0.25, 0.3) is 0 Å². The monoisotopic (exact) mass is 481 g/mol. The van der Waals surface area contributed by atoms with Crippen LogP contribution in [0.3, 0.4) is 0 Å². The minimum absolute atomic E-state index is 0.0276. The third-order valence-electron chi connectivity index (χ3n) is 8.35. The van der Waals surface area contributed by atoms with E-state index in [9.17, 15) is 18.0 Å². The molecule has 6 nitrogen and oxygen atoms in total. The van der Waals surface area contributed by atoms with Crippen molar-refractivity contribution in [2.24, 2.45) is 11.3 Å². The van der Waals surface area contributed by atoms with Crippen LogP contribution in [0.5, 0.6) is 0 Å². The van der Waals surface area contributed by atoms with Gasteiger partial charge in [0.2, 0.25) is 5.91 Å². The van der Waals surface area contributed by atoms with Gasteiger partial charge in [0.15, 0.2) is 0 Å². The molecule has 0 aromatic carbocycles. The van der Waals surface area contributed by atoms with Crippen molar-refractivity contribution in [3.8, 4) is 0 Å². The molecule has 1 N–H and O–H groups in total. The summed E-state index contributed by atoms with van der Waals surface area (Å²) in [6, 6.07) is 1.64. The molecule has 1 aromatic heterocycles. The Kier molecular flexibility index (Phi) is 6.63. The molecule has 2 aliphatic heterocycles. The molecule has 1 saturated heterocycles. The maximum atomic E-state index is 13.9. The van der Waals surface area contributed by atoms with Crippen molar-refractivity contribution >= 4 is 5.91 Å². The van der Waals surface area contributed by atoms with Gasteiger partial charge in [-0.3, -0.25) is 9.78 Å². The molecule has 0 spiro atoms. The summed E-state index contributed by atoms with van der Waals surface area (Å²) in [5.74, 6) is 0.444. The van der Waals surface area contributed by atoms with Crippen LogP contribution in [0.2, 0.25) is 0 Å². The van der Waals surface area contributed by atoms with Gasteiger partial charge in [-0.15, -0.1) is 0 Å². The number of aromatic nitrogens is 1. The molecule has 5 rings (SSSR count). The predicted molar refractivity (Wildman–Crippen MR) is 119 cm³/mol. The van der Waals surface area contributed by atoms with Crippen molar-refractivity contribution in [3.05, 3.63) is 29.1 Å². The number of nitrogens with one attached hydrogen (secondary N) is 1. The number of alkyl halides is 3. The second-order valence-electron chi connectivity index (χ2n) is 10.3. The topological polar surface area (TPSA) is 63.7 Å². The fourth-order valence-corrected chi connectivity index (χ4v) is 6.77. The smallest absolute Gasteiger partial charge is 0.379 e. The first-order valence-corrected chi connectivity index (χ1v) is 12.6. The van der Waals surface area contributed by atoms with Crippen LogP contribution in [0.25, 0.3) is 0 Å². The molecule has 1 amide bonds. The van der Waals surface area contributed by atoms with E-state index in [1.165, 1.54) is 6.07 Å². The summed E-state index contributed by atoms with van der Waals surface area (Å²) in [6.45, 7) is 4.66. The maximum Gasteiger partial charge on any atom is 0.417 e. The third-order valence-corrected chi connectivity index (χ3v) is 8.35. The second-order valence-corrected chi connectivity index (χ2v) is 10.3. The van der Waals surface area contributed by atoms with Crippen LogP contribution >= 0.6 is 0 Å². The van der Waals surface area contributed by atoms with Gasteiger partial charge >= 0.3 is 6.18 Å². The summed E-state index contributed by atoms with van der Waals surface area (Å²) in [5.41, 5.74) is 0.0407. The highest BCUT2D eigenvalue weighted by molar-refractivity contribution is 5.84. The summed E-state index contributed by atoms with van der Waals surface area (Å²) in [7, 11) is 0. The Bertz CT molecular complexity index is 909. The van der Waals surface area contributed by atoms with Gasteiger partial charge in [-0.05, 0) is 56.6 Å². The SMILES string of the molecule is CCO[C@@H]1COCC[C@@H]1NC1C[C@H]2CCC[C@@]2(C(=O)N2CCc3ncc(C(F)(F)F)cc3C2)C1. The Labute approximate surface area is 198 Å². The van der Waals surface area contributed by atoms with Gasteiger partial charge in [0.05, 0.1) is 23.7 Å². The number of carbonyl (C=O) groups excluding carboxylic acids is 1. The molecular weight excluding hydrogens is 447 g/mol. The van der Waals surface area contributed by atoms with Gasteiger partial charge in [-0.1, -0.05) is 6.42 Å². The van der Waals surface area contributed by atoms with E-state index in [0.717, 1.165) is 44.7 Å². The van der Waals surface area contributed by atoms with Crippen LogP contribution in [-0.2, 0) is 33.4 Å². The van der Waals surface area contributed by atoms with Crippen molar-refractivity contribution in [1.82, 2.24) is 15.2 Å². The molecule has 34 heavy (non-hydrogen) atoms. The minimum Gasteiger partial charge on any atom is -0.379 e. The second kappa shape index (κ2) is 9.39. The maximum absolute atomic E-state index is 13.9. The number of pyridine rings is 1. The first-order chi connectivity index (χ1) is 16.3. The highest BCUT2D eigenvalue weighted by atomic mass is 19.4. The number of carbonyl (C=O) groups is 1. The zero-order valence-corrected chi connectivity index (χ0v) is 19.7. The zero-order chi connectivity index (χ0) is 23.9. The van der Waals surface area contributed by atoms with Crippen LogP contribution in [0, 0.1) is 11.3 Å². The van der Waals surface area contributed by atoms with Crippen molar-refractivity contribution in [3.63, 3.8) is 0 Å². The van der Waals surface area contributed by atoms with E-state index >= 15 is 0 Å². The Morgan fingerprint density at radius 2 is 2.24 bits per heavy atom. The molecule has 2 saturated carbocycles. The fraction of sp³-hybridized carbons (Fsp3) is 0.760. The van der Waals surface area contributed by atoms with Gasteiger partial charge in [-0.2, -0.15) is 13.2 Å². The van der Waals surface area contributed by atoms with Crippen molar-refractivity contribution in [2.75, 3.05) is 26.4 Å². The molecule has 4 aliphatic rings. The molecule has 3 fully saturated rings. The highest BCUT2D eigenvalue weighted by Gasteiger charge is 2.56. The van der Waals surface area contributed by atoms with Crippen molar-refractivity contribution in [2.45, 2.75) is 82.8 Å². The molecule has 5 atom stereocenters. The van der Waals surface area contributed by atoms with E-state index in [0.29, 0.717) is 50.0 Å². The lowest BCUT2D eigenvalue weighted by atomic mass is 9.78. The fourth-order valence-electron chi connectivity index (χ4n) is 6.77. The lowest BCUT2D eigenvalue weighted by Crippen LogP contribution is -2.51. The van der Waals surface area contributed by atoms with Gasteiger partial charge < -0.3 is 19.7 Å². The first-order valence-electron chi connectivity index (χ1n) is 12.6. The molecular formula is C25H34F3N3O3. The largest absolute Gasteiger partial charge is 0.417 e. The molecule has 3 heterocycles. The average Bonchev–Trinajstić information content (AvgIpc) is 3.36. The molecule has 0 radical (unpaired) electrons. The van der Waals surface area contributed by atoms with Crippen LogP contribution in [0.1, 0.15) is 62.3 Å². The van der Waals surface area contributed by atoms with Crippen LogP contribution in [-0.4, -0.2) is 60.3 Å². The Morgan fingerprint density at radius 3 is 3.03 bits per heavy atom. The standard InChI is InChI=1S/C25H34F3N3O3/c1-2-34-22-15-33-9-6-21(22)30-19-11-17-4-3-7-24(17,12-19)23(32)31-8-5-20-16(14-31)10-18(13-29-20)25(26,27)28/h10,13,17,19,21-22,30H,2-9,11-12,14-15H2,1H3/t17-,19?,21+,22-,24-/m1/s1. The van der Waals surface area contributed by atoms with Crippen LogP contribution in [0.15, 0.2) is 12.3 Å². The van der Waals surface area contributed by atoms with Crippen molar-refractivity contribution in [1.29, 1.82) is 0 Å². The number of fused-ring (bicyclic) bond motifs is 2. The molecule has 9 heteroatoms. The molecule has 1 unspecified atom stereocenters. The summed E-state index contributed by atoms with van der Waals surface area (Å²) in [4.78, 5) is 19.8. The lowest BCUT2D eigenvalue weighted by Gasteiger charge is -2.38. The summed E-state index contributed by atoms with van der Waals surface area (Å²) in [6.07, 6.45) is 2.58. The Morgan fingerprint density at radius 1 is 1.38 bits per heavy atom. The number of nitrogens with zero attached hydrogens (tertiary/aromatic N) is 2. The Balaban J connectivity index is 1.30. The number of hydrogen-bond donors (Lipinski definition) is 1. The van der Waals surface area contributed by atoms with E-state index in [-0.39, 0.29) is 30.6 Å². The number of hydrogen-bond acceptors (Lipinski definition) is 5. The first kappa shape index (κ1) is 24.0. The highest BCUT2D eigenvalue weighted by Crippen LogP contribution is 2.55. The van der Waals surface area contributed by atoms with Crippen molar-refractivity contribution < 1.29 is 27.4 Å². The number of halogens is 3. The van der Waals surface area contributed by atoms with Gasteiger partial charge in [0, 0.05) is 56.7 Å². The average molecular weight is 482 g/mol. The summed E-state index contributed by atoms with van der Waals surface area (Å²) in [5, 5.41) is 3.79. The number of rotatable bonds is 5. The third kappa shape index (κ3) is 4.46. The number of amides is 1. The zero-order valence-electron chi connectivity index (χ0n) is 19.7. The molecule has 188 valence electrons. The van der Waals surface area contributed by atoms with Gasteiger partial charge in [-0.25, -0.2) is 0 Å². The quantitative estimate of drug-likeness (QED) is 0.695. The Hall–Kier alpha value is -1.71. The van der Waals surface area contributed by atoms with Gasteiger partial charge in [0.1, 0.15) is 0 Å². The minimum atomic E-state index is -4.43. The van der Waals surface area contributed by atoms with E-state index in [1.807, 2.05) is 6.92 Å². The van der Waals surface area contributed by atoms with E-state index in [2.05, 4.69) is 10.3 Å².